The lowest BCUT2D eigenvalue weighted by molar-refractivity contribution is 0.355. The van der Waals surface area contributed by atoms with Gasteiger partial charge in [0.15, 0.2) is 11.5 Å². The fourth-order valence-electron chi connectivity index (χ4n) is 1.43. The summed E-state index contributed by atoms with van der Waals surface area (Å²) in [5.41, 5.74) is 0.655. The molecule has 0 saturated carbocycles. The molecule has 0 spiro atoms. The van der Waals surface area contributed by atoms with E-state index >= 15 is 0 Å². The zero-order valence-electron chi connectivity index (χ0n) is 9.99. The van der Waals surface area contributed by atoms with E-state index in [-0.39, 0.29) is 5.89 Å². The van der Waals surface area contributed by atoms with Crippen LogP contribution in [0.2, 0.25) is 0 Å². The van der Waals surface area contributed by atoms with E-state index in [0.717, 1.165) is 0 Å². The molecular weight excluding hydrogens is 314 g/mol. The van der Waals surface area contributed by atoms with Gasteiger partial charge in [-0.15, -0.1) is 0 Å². The lowest BCUT2D eigenvalue weighted by Crippen LogP contribution is -1.99. The van der Waals surface area contributed by atoms with Crippen molar-refractivity contribution in [3.63, 3.8) is 0 Å². The van der Waals surface area contributed by atoms with Gasteiger partial charge >= 0.3 is 0 Å². The highest BCUT2D eigenvalue weighted by Crippen LogP contribution is 2.38. The van der Waals surface area contributed by atoms with Crippen LogP contribution in [0.15, 0.2) is 22.7 Å². The molecule has 102 valence electrons. The van der Waals surface area contributed by atoms with Crippen molar-refractivity contribution in [3.05, 3.63) is 24.1 Å². The van der Waals surface area contributed by atoms with Gasteiger partial charge in [-0.1, -0.05) is 40.0 Å². The third-order valence-corrected chi connectivity index (χ3v) is 2.80. The Labute approximate surface area is 124 Å². The van der Waals surface area contributed by atoms with Crippen molar-refractivity contribution in [2.45, 2.75) is 3.79 Å². The molecule has 0 amide bonds. The highest BCUT2D eigenvalue weighted by molar-refractivity contribution is 6.66. The number of benzene rings is 1. The maximum Gasteiger partial charge on any atom is 0.279 e. The van der Waals surface area contributed by atoms with Gasteiger partial charge in [0.25, 0.3) is 9.68 Å². The predicted molar refractivity (Wildman–Crippen MR) is 72.1 cm³/mol. The number of methoxy groups -OCH3 is 2. The zero-order chi connectivity index (χ0) is 14.0. The minimum absolute atomic E-state index is 0.0951. The molecule has 8 heteroatoms. The van der Waals surface area contributed by atoms with Crippen molar-refractivity contribution < 1.29 is 14.0 Å². The van der Waals surface area contributed by atoms with Gasteiger partial charge in [0, 0.05) is 5.56 Å². The molecule has 0 unspecified atom stereocenters. The first-order chi connectivity index (χ1) is 8.95. The van der Waals surface area contributed by atoms with Crippen LogP contribution in [0.4, 0.5) is 0 Å². The summed E-state index contributed by atoms with van der Waals surface area (Å²) in [6.07, 6.45) is 0. The number of nitrogens with zero attached hydrogens (tertiary/aromatic N) is 2. The fraction of sp³-hybridized carbons (Fsp3) is 0.273. The number of alkyl halides is 3. The molecule has 0 N–H and O–H groups in total. The number of hydrogen-bond donors (Lipinski definition) is 0. The third kappa shape index (κ3) is 3.05. The second-order valence-electron chi connectivity index (χ2n) is 3.49. The highest BCUT2D eigenvalue weighted by atomic mass is 35.6. The van der Waals surface area contributed by atoms with Crippen LogP contribution in [-0.2, 0) is 3.79 Å². The van der Waals surface area contributed by atoms with E-state index in [1.165, 1.54) is 7.11 Å². The van der Waals surface area contributed by atoms with Crippen LogP contribution in [0.1, 0.15) is 5.89 Å². The first-order valence-corrected chi connectivity index (χ1v) is 6.22. The Hall–Kier alpha value is -1.17. The van der Waals surface area contributed by atoms with E-state index < -0.39 is 3.79 Å². The van der Waals surface area contributed by atoms with Gasteiger partial charge in [0.1, 0.15) is 0 Å². The second-order valence-corrected chi connectivity index (χ2v) is 5.77. The van der Waals surface area contributed by atoms with Gasteiger partial charge in [-0.05, 0) is 18.2 Å². The van der Waals surface area contributed by atoms with Crippen LogP contribution in [0, 0.1) is 0 Å². The molecule has 0 atom stereocenters. The summed E-state index contributed by atoms with van der Waals surface area (Å²) in [5, 5.41) is 3.75. The molecule has 0 radical (unpaired) electrons. The number of hydrogen-bond acceptors (Lipinski definition) is 5. The zero-order valence-corrected chi connectivity index (χ0v) is 12.3. The Morgan fingerprint density at radius 3 is 2.32 bits per heavy atom. The highest BCUT2D eigenvalue weighted by Gasteiger charge is 2.30. The molecule has 0 bridgehead atoms. The van der Waals surface area contributed by atoms with Crippen LogP contribution in [0.5, 0.6) is 11.5 Å². The minimum Gasteiger partial charge on any atom is -0.493 e. The quantitative estimate of drug-likeness (QED) is 0.808. The van der Waals surface area contributed by atoms with Gasteiger partial charge in [-0.25, -0.2) is 0 Å². The van der Waals surface area contributed by atoms with Crippen molar-refractivity contribution in [1.29, 1.82) is 0 Å². The Morgan fingerprint density at radius 2 is 1.79 bits per heavy atom. The summed E-state index contributed by atoms with van der Waals surface area (Å²) in [5.74, 6) is 1.33. The lowest BCUT2D eigenvalue weighted by atomic mass is 10.2. The molecule has 1 aromatic carbocycles. The summed E-state index contributed by atoms with van der Waals surface area (Å²) < 4.78 is 13.5. The van der Waals surface area contributed by atoms with E-state index in [1.54, 1.807) is 25.3 Å². The Balaban J connectivity index is 2.39. The first-order valence-electron chi connectivity index (χ1n) is 5.09. The number of rotatable bonds is 3. The predicted octanol–water partition coefficient (Wildman–Crippen LogP) is 3.58. The maximum atomic E-state index is 5.66. The molecule has 1 heterocycles. The average Bonchev–Trinajstić information content (AvgIpc) is 2.87. The van der Waals surface area contributed by atoms with E-state index in [2.05, 4.69) is 10.1 Å². The van der Waals surface area contributed by atoms with Crippen LogP contribution >= 0.6 is 34.8 Å². The third-order valence-electron chi connectivity index (χ3n) is 2.31. The second kappa shape index (κ2) is 5.45. The van der Waals surface area contributed by atoms with Crippen LogP contribution < -0.4 is 9.47 Å². The van der Waals surface area contributed by atoms with Crippen molar-refractivity contribution in [2.24, 2.45) is 0 Å². The Bertz CT molecular complexity index is 581. The Morgan fingerprint density at radius 1 is 1.11 bits per heavy atom. The standard InChI is InChI=1S/C11H9Cl3N2O3/c1-17-7-4-3-6(5-8(7)18-2)9-15-10(19-16-9)11(12,13)14/h3-5H,1-2H3. The maximum absolute atomic E-state index is 5.66. The van der Waals surface area contributed by atoms with E-state index in [0.29, 0.717) is 22.9 Å². The topological polar surface area (TPSA) is 57.4 Å². The van der Waals surface area contributed by atoms with Crippen molar-refractivity contribution in [1.82, 2.24) is 10.1 Å². The fourth-order valence-corrected chi connectivity index (χ4v) is 1.66. The summed E-state index contributed by atoms with van der Waals surface area (Å²) in [7, 11) is 3.08. The molecule has 0 aliphatic rings. The molecule has 2 aromatic rings. The summed E-state index contributed by atoms with van der Waals surface area (Å²) >= 11 is 17.0. The Kier molecular flexibility index (Phi) is 4.08. The molecular formula is C11H9Cl3N2O3. The molecule has 0 saturated heterocycles. The van der Waals surface area contributed by atoms with Crippen LogP contribution in [-0.4, -0.2) is 24.4 Å². The van der Waals surface area contributed by atoms with Gasteiger partial charge in [-0.3, -0.25) is 0 Å². The van der Waals surface area contributed by atoms with E-state index in [4.69, 9.17) is 48.8 Å². The summed E-state index contributed by atoms with van der Waals surface area (Å²) in [4.78, 5) is 4.01. The van der Waals surface area contributed by atoms with Crippen molar-refractivity contribution >= 4 is 34.8 Å². The van der Waals surface area contributed by atoms with Gasteiger partial charge in [0.2, 0.25) is 5.82 Å². The summed E-state index contributed by atoms with van der Waals surface area (Å²) in [6.45, 7) is 0. The van der Waals surface area contributed by atoms with E-state index in [9.17, 15) is 0 Å². The van der Waals surface area contributed by atoms with Gasteiger partial charge < -0.3 is 14.0 Å². The lowest BCUT2D eigenvalue weighted by Gasteiger charge is -2.07. The van der Waals surface area contributed by atoms with E-state index in [1.807, 2.05) is 0 Å². The van der Waals surface area contributed by atoms with Crippen molar-refractivity contribution in [2.75, 3.05) is 14.2 Å². The molecule has 1 aromatic heterocycles. The smallest absolute Gasteiger partial charge is 0.279 e. The largest absolute Gasteiger partial charge is 0.493 e. The summed E-state index contributed by atoms with van der Waals surface area (Å²) in [6, 6.07) is 5.17. The first kappa shape index (κ1) is 14.2. The molecule has 0 aliphatic carbocycles. The monoisotopic (exact) mass is 322 g/mol. The molecule has 0 fully saturated rings. The molecule has 5 nitrogen and oxygen atoms in total. The SMILES string of the molecule is COc1ccc(-c2noc(C(Cl)(Cl)Cl)n2)cc1OC. The number of halogens is 3. The average molecular weight is 324 g/mol. The van der Waals surface area contributed by atoms with Crippen LogP contribution in [0.3, 0.4) is 0 Å². The number of ether oxygens (including phenoxy) is 2. The van der Waals surface area contributed by atoms with Gasteiger partial charge in [-0.2, -0.15) is 4.98 Å². The molecule has 0 aliphatic heterocycles. The molecule has 19 heavy (non-hydrogen) atoms. The minimum atomic E-state index is -1.75. The molecule has 2 rings (SSSR count). The van der Waals surface area contributed by atoms with Gasteiger partial charge in [0.05, 0.1) is 14.2 Å². The van der Waals surface area contributed by atoms with Crippen molar-refractivity contribution in [3.8, 4) is 22.9 Å². The van der Waals surface area contributed by atoms with Crippen LogP contribution in [0.25, 0.3) is 11.4 Å². The number of aromatic nitrogens is 2. The normalized spacial score (nSPS) is 11.4.